The predicted molar refractivity (Wildman–Crippen MR) is 159 cm³/mol. The van der Waals surface area contributed by atoms with Gasteiger partial charge < -0.3 is 4.74 Å². The SMILES string of the molecule is O=c1c2ccccc2nc(-c2cccc(C(F)(F)F)c2)n1N=Cc1cc(Br)c(OCc2cccc([N+](=O)[O-])c2)c(Br)c1. The number of nitro benzene ring substituents is 1. The Kier molecular flexibility index (Phi) is 8.23. The Morgan fingerprint density at radius 2 is 1.69 bits per heavy atom. The number of hydrogen-bond acceptors (Lipinski definition) is 6. The molecule has 0 atom stereocenters. The Morgan fingerprint density at radius 3 is 2.40 bits per heavy atom. The summed E-state index contributed by atoms with van der Waals surface area (Å²) in [4.78, 5) is 28.4. The van der Waals surface area contributed by atoms with Crippen molar-refractivity contribution >= 4 is 54.7 Å². The quantitative estimate of drug-likeness (QED) is 0.0974. The molecule has 0 unspecified atom stereocenters. The van der Waals surface area contributed by atoms with Crippen LogP contribution in [0.25, 0.3) is 22.3 Å². The van der Waals surface area contributed by atoms with Gasteiger partial charge in [0.25, 0.3) is 11.2 Å². The van der Waals surface area contributed by atoms with Crippen molar-refractivity contribution in [1.82, 2.24) is 9.66 Å². The van der Waals surface area contributed by atoms with Gasteiger partial charge in [-0.1, -0.05) is 36.4 Å². The molecule has 0 N–H and O–H groups in total. The van der Waals surface area contributed by atoms with Crippen LogP contribution in [0, 0.1) is 10.1 Å². The molecule has 42 heavy (non-hydrogen) atoms. The van der Waals surface area contributed by atoms with E-state index in [-0.39, 0.29) is 29.1 Å². The molecule has 0 saturated heterocycles. The minimum Gasteiger partial charge on any atom is -0.487 e. The van der Waals surface area contributed by atoms with E-state index in [0.717, 1.165) is 16.8 Å². The van der Waals surface area contributed by atoms with Crippen LogP contribution in [-0.2, 0) is 12.8 Å². The van der Waals surface area contributed by atoms with E-state index in [9.17, 15) is 28.1 Å². The molecule has 0 radical (unpaired) electrons. The summed E-state index contributed by atoms with van der Waals surface area (Å²) in [5.41, 5.74) is 0.00846. The molecule has 1 heterocycles. The average molecular weight is 702 g/mol. The van der Waals surface area contributed by atoms with Crippen molar-refractivity contribution in [3.8, 4) is 17.1 Å². The molecule has 0 aliphatic heterocycles. The normalized spacial score (nSPS) is 11.7. The molecule has 5 rings (SSSR count). The van der Waals surface area contributed by atoms with E-state index in [1.165, 1.54) is 30.5 Å². The zero-order valence-electron chi connectivity index (χ0n) is 21.2. The smallest absolute Gasteiger partial charge is 0.416 e. The number of alkyl halides is 3. The summed E-state index contributed by atoms with van der Waals surface area (Å²) < 4.78 is 48.2. The number of nitro groups is 1. The summed E-state index contributed by atoms with van der Waals surface area (Å²) in [7, 11) is 0. The van der Waals surface area contributed by atoms with Gasteiger partial charge in [0.15, 0.2) is 5.82 Å². The maximum Gasteiger partial charge on any atom is 0.416 e. The van der Waals surface area contributed by atoms with E-state index in [1.807, 2.05) is 0 Å². The number of benzene rings is 4. The molecular weight excluding hydrogens is 685 g/mol. The van der Waals surface area contributed by atoms with Crippen LogP contribution in [0.4, 0.5) is 18.9 Å². The number of ether oxygens (including phenoxy) is 1. The van der Waals surface area contributed by atoms with Crippen LogP contribution in [-0.4, -0.2) is 20.8 Å². The summed E-state index contributed by atoms with van der Waals surface area (Å²) in [6.45, 7) is 0.0603. The van der Waals surface area contributed by atoms with Gasteiger partial charge in [0.2, 0.25) is 0 Å². The van der Waals surface area contributed by atoms with E-state index in [1.54, 1.807) is 48.5 Å². The third-order valence-corrected chi connectivity index (χ3v) is 7.23. The number of fused-ring (bicyclic) bond motifs is 1. The third-order valence-electron chi connectivity index (χ3n) is 6.05. The van der Waals surface area contributed by atoms with Gasteiger partial charge in [-0.2, -0.15) is 22.9 Å². The molecule has 0 spiro atoms. The number of para-hydroxylation sites is 1. The first-order valence-electron chi connectivity index (χ1n) is 12.1. The topological polar surface area (TPSA) is 99.6 Å². The lowest BCUT2D eigenvalue weighted by Crippen LogP contribution is -2.20. The van der Waals surface area contributed by atoms with E-state index < -0.39 is 22.2 Å². The number of nitrogens with zero attached hydrogens (tertiary/aromatic N) is 4. The Bertz CT molecular complexity index is 1900. The lowest BCUT2D eigenvalue weighted by Gasteiger charge is -2.13. The number of rotatable bonds is 7. The molecule has 13 heteroatoms. The van der Waals surface area contributed by atoms with Gasteiger partial charge in [0.1, 0.15) is 12.4 Å². The van der Waals surface area contributed by atoms with Gasteiger partial charge in [0.05, 0.1) is 36.5 Å². The fraction of sp³-hybridized carbons (Fsp3) is 0.0690. The highest BCUT2D eigenvalue weighted by Crippen LogP contribution is 2.35. The van der Waals surface area contributed by atoms with Crippen molar-refractivity contribution in [2.45, 2.75) is 12.8 Å². The largest absolute Gasteiger partial charge is 0.487 e. The number of aromatic nitrogens is 2. The van der Waals surface area contributed by atoms with Crippen molar-refractivity contribution < 1.29 is 22.8 Å². The summed E-state index contributed by atoms with van der Waals surface area (Å²) in [5.74, 6) is 0.365. The van der Waals surface area contributed by atoms with Crippen LogP contribution in [0.15, 0.2) is 104 Å². The van der Waals surface area contributed by atoms with E-state index >= 15 is 0 Å². The van der Waals surface area contributed by atoms with Crippen molar-refractivity contribution in [2.75, 3.05) is 0 Å². The summed E-state index contributed by atoms with van der Waals surface area (Å²) in [6, 6.07) is 20.4. The van der Waals surface area contributed by atoms with Crippen molar-refractivity contribution in [3.05, 3.63) is 131 Å². The van der Waals surface area contributed by atoms with Gasteiger partial charge in [-0.05, 0) is 79.4 Å². The lowest BCUT2D eigenvalue weighted by molar-refractivity contribution is -0.384. The molecule has 0 aliphatic carbocycles. The van der Waals surface area contributed by atoms with Crippen LogP contribution >= 0.6 is 31.9 Å². The Labute approximate surface area is 252 Å². The van der Waals surface area contributed by atoms with Crippen LogP contribution in [0.3, 0.4) is 0 Å². The molecule has 1 aromatic heterocycles. The lowest BCUT2D eigenvalue weighted by atomic mass is 10.1. The highest BCUT2D eigenvalue weighted by molar-refractivity contribution is 9.11. The van der Waals surface area contributed by atoms with Gasteiger partial charge in [-0.15, -0.1) is 0 Å². The molecule has 212 valence electrons. The Hall–Kier alpha value is -4.36. The maximum atomic E-state index is 13.4. The van der Waals surface area contributed by atoms with E-state index in [4.69, 9.17) is 4.74 Å². The monoisotopic (exact) mass is 700 g/mol. The summed E-state index contributed by atoms with van der Waals surface area (Å²) >= 11 is 6.90. The minimum atomic E-state index is -4.58. The fourth-order valence-corrected chi connectivity index (χ4v) is 5.53. The fourth-order valence-electron chi connectivity index (χ4n) is 4.08. The van der Waals surface area contributed by atoms with Gasteiger partial charge in [-0.25, -0.2) is 4.98 Å². The average Bonchev–Trinajstić information content (AvgIpc) is 2.96. The van der Waals surface area contributed by atoms with Crippen LogP contribution in [0.5, 0.6) is 5.75 Å². The Morgan fingerprint density at radius 1 is 0.976 bits per heavy atom. The highest BCUT2D eigenvalue weighted by Gasteiger charge is 2.31. The zero-order chi connectivity index (χ0) is 30.0. The maximum absolute atomic E-state index is 13.4. The number of non-ortho nitro benzene ring substituents is 1. The molecule has 0 bridgehead atoms. The van der Waals surface area contributed by atoms with Crippen LogP contribution in [0.2, 0.25) is 0 Å². The second-order valence-electron chi connectivity index (χ2n) is 8.92. The first-order valence-corrected chi connectivity index (χ1v) is 13.7. The Balaban J connectivity index is 1.50. The van der Waals surface area contributed by atoms with E-state index in [0.29, 0.717) is 31.3 Å². The van der Waals surface area contributed by atoms with Gasteiger partial charge in [-0.3, -0.25) is 14.9 Å². The molecular formula is C29H17Br2F3N4O4. The molecule has 4 aromatic carbocycles. The van der Waals surface area contributed by atoms with Crippen molar-refractivity contribution in [1.29, 1.82) is 0 Å². The predicted octanol–water partition coefficient (Wildman–Crippen LogP) is 7.98. The summed E-state index contributed by atoms with van der Waals surface area (Å²) in [5, 5.41) is 15.6. The highest BCUT2D eigenvalue weighted by atomic mass is 79.9. The standard InChI is InChI=1S/C29H17Br2F3N4O4/c30-23-12-18(13-24(31)26(23)42-16-17-5-3-8-21(11-17)38(40)41)15-35-37-27(19-6-4-7-20(14-19)29(32,33)34)36-25-10-2-1-9-22(25)28(37)39/h1-15H,16H2. The molecule has 0 amide bonds. The second kappa shape index (κ2) is 11.9. The molecule has 5 aromatic rings. The van der Waals surface area contributed by atoms with Crippen LogP contribution in [0.1, 0.15) is 16.7 Å². The number of hydrogen-bond donors (Lipinski definition) is 0. The minimum absolute atomic E-state index is 0.0521. The van der Waals surface area contributed by atoms with Crippen molar-refractivity contribution in [3.63, 3.8) is 0 Å². The first kappa shape index (κ1) is 29.1. The molecule has 8 nitrogen and oxygen atoms in total. The number of halogens is 5. The molecule has 0 fully saturated rings. The van der Waals surface area contributed by atoms with Crippen molar-refractivity contribution in [2.24, 2.45) is 5.10 Å². The van der Waals surface area contributed by atoms with E-state index in [2.05, 4.69) is 41.9 Å². The summed E-state index contributed by atoms with van der Waals surface area (Å²) in [6.07, 6.45) is -3.21. The van der Waals surface area contributed by atoms with Crippen LogP contribution < -0.4 is 10.3 Å². The van der Waals surface area contributed by atoms with Gasteiger partial charge >= 0.3 is 6.18 Å². The third kappa shape index (κ3) is 6.26. The molecule has 0 saturated carbocycles. The van der Waals surface area contributed by atoms with Gasteiger partial charge in [0, 0.05) is 17.7 Å². The molecule has 0 aliphatic rings. The first-order chi connectivity index (χ1) is 20.0. The zero-order valence-corrected chi connectivity index (χ0v) is 24.4. The second-order valence-corrected chi connectivity index (χ2v) is 10.6.